The van der Waals surface area contributed by atoms with Crippen molar-refractivity contribution in [2.24, 2.45) is 5.41 Å². The van der Waals surface area contributed by atoms with Crippen LogP contribution < -0.4 is 10.6 Å². The summed E-state index contributed by atoms with van der Waals surface area (Å²) in [6.07, 6.45) is 7.38. The molecular formula is C18H32N4O2. The minimum absolute atomic E-state index is 0.0708. The molecule has 3 rings (SSSR count). The van der Waals surface area contributed by atoms with Gasteiger partial charge in [-0.1, -0.05) is 6.42 Å². The SMILES string of the molecule is CNC(=O)C1(C(=O)NCC2(N3CCCCC3)CCN(C)CC2)CC1. The van der Waals surface area contributed by atoms with Gasteiger partial charge in [-0.25, -0.2) is 0 Å². The summed E-state index contributed by atoms with van der Waals surface area (Å²) in [5.74, 6) is -0.201. The molecule has 3 fully saturated rings. The molecule has 0 aromatic carbocycles. The first-order chi connectivity index (χ1) is 11.5. The molecule has 0 bridgehead atoms. The van der Waals surface area contributed by atoms with Crippen LogP contribution in [-0.2, 0) is 9.59 Å². The molecule has 0 aromatic rings. The highest BCUT2D eigenvalue weighted by atomic mass is 16.2. The van der Waals surface area contributed by atoms with Crippen molar-refractivity contribution in [1.82, 2.24) is 20.4 Å². The number of carbonyl (C=O) groups is 2. The van der Waals surface area contributed by atoms with Gasteiger partial charge in [0.1, 0.15) is 5.41 Å². The normalized spacial score (nSPS) is 26.6. The summed E-state index contributed by atoms with van der Waals surface area (Å²) < 4.78 is 0. The second-order valence-corrected chi connectivity index (χ2v) is 7.92. The summed E-state index contributed by atoms with van der Waals surface area (Å²) in [6, 6.07) is 0. The molecule has 0 spiro atoms. The van der Waals surface area contributed by atoms with E-state index in [-0.39, 0.29) is 17.4 Å². The van der Waals surface area contributed by atoms with E-state index in [0.29, 0.717) is 19.4 Å². The van der Waals surface area contributed by atoms with E-state index in [1.54, 1.807) is 7.05 Å². The maximum absolute atomic E-state index is 12.7. The van der Waals surface area contributed by atoms with Gasteiger partial charge in [-0.2, -0.15) is 0 Å². The van der Waals surface area contributed by atoms with E-state index in [0.717, 1.165) is 39.0 Å². The third-order valence-corrected chi connectivity index (χ3v) is 6.37. The van der Waals surface area contributed by atoms with Crippen LogP contribution in [0.3, 0.4) is 0 Å². The van der Waals surface area contributed by atoms with Crippen molar-refractivity contribution in [1.29, 1.82) is 0 Å². The average molecular weight is 336 g/mol. The molecule has 0 radical (unpaired) electrons. The number of nitrogens with one attached hydrogen (secondary N) is 2. The molecule has 1 saturated carbocycles. The Morgan fingerprint density at radius 3 is 2.08 bits per heavy atom. The second kappa shape index (κ2) is 7.00. The molecule has 0 atom stereocenters. The van der Waals surface area contributed by atoms with Crippen LogP contribution in [0, 0.1) is 5.41 Å². The largest absolute Gasteiger partial charge is 0.358 e. The van der Waals surface area contributed by atoms with Crippen molar-refractivity contribution in [3.05, 3.63) is 0 Å². The summed E-state index contributed by atoms with van der Waals surface area (Å²) in [5.41, 5.74) is -0.718. The first-order valence-corrected chi connectivity index (χ1v) is 9.47. The lowest BCUT2D eigenvalue weighted by molar-refractivity contribution is -0.137. The summed E-state index contributed by atoms with van der Waals surface area (Å²) in [7, 11) is 3.78. The predicted molar refractivity (Wildman–Crippen MR) is 93.6 cm³/mol. The molecule has 0 aromatic heterocycles. The maximum Gasteiger partial charge on any atom is 0.235 e. The summed E-state index contributed by atoms with van der Waals surface area (Å²) in [4.78, 5) is 29.7. The number of likely N-dealkylation sites (tertiary alicyclic amines) is 2. The zero-order valence-corrected chi connectivity index (χ0v) is 15.2. The molecule has 2 N–H and O–H groups in total. The van der Waals surface area contributed by atoms with E-state index in [4.69, 9.17) is 0 Å². The van der Waals surface area contributed by atoms with Crippen LogP contribution >= 0.6 is 0 Å². The average Bonchev–Trinajstić information content (AvgIpc) is 3.43. The standard InChI is InChI=1S/C18H32N4O2/c1-19-15(23)18(6-7-18)16(24)20-14-17(8-12-21(2)13-9-17)22-10-4-3-5-11-22/h3-14H2,1-2H3,(H,19,23)(H,20,24). The van der Waals surface area contributed by atoms with Crippen LogP contribution in [0.2, 0.25) is 0 Å². The van der Waals surface area contributed by atoms with Crippen molar-refractivity contribution < 1.29 is 9.59 Å². The van der Waals surface area contributed by atoms with Crippen molar-refractivity contribution in [2.75, 3.05) is 46.8 Å². The molecular weight excluding hydrogens is 304 g/mol. The van der Waals surface area contributed by atoms with Gasteiger partial charge in [-0.15, -0.1) is 0 Å². The van der Waals surface area contributed by atoms with Gasteiger partial charge in [0.15, 0.2) is 0 Å². The Morgan fingerprint density at radius 1 is 0.917 bits per heavy atom. The first-order valence-electron chi connectivity index (χ1n) is 9.47. The molecule has 2 amide bonds. The zero-order chi connectivity index (χ0) is 17.2. The van der Waals surface area contributed by atoms with E-state index in [1.807, 2.05) is 0 Å². The molecule has 6 nitrogen and oxygen atoms in total. The van der Waals surface area contributed by atoms with Gasteiger partial charge in [0.05, 0.1) is 0 Å². The van der Waals surface area contributed by atoms with Crippen LogP contribution in [0.5, 0.6) is 0 Å². The van der Waals surface area contributed by atoms with Crippen LogP contribution in [0.15, 0.2) is 0 Å². The third-order valence-electron chi connectivity index (χ3n) is 6.37. The monoisotopic (exact) mass is 336 g/mol. The van der Waals surface area contributed by atoms with Gasteiger partial charge >= 0.3 is 0 Å². The topological polar surface area (TPSA) is 64.7 Å². The first kappa shape index (κ1) is 17.7. The Hall–Kier alpha value is -1.14. The van der Waals surface area contributed by atoms with Crippen molar-refractivity contribution in [3.8, 4) is 0 Å². The van der Waals surface area contributed by atoms with E-state index < -0.39 is 5.41 Å². The fraction of sp³-hybridized carbons (Fsp3) is 0.889. The minimum atomic E-state index is -0.788. The second-order valence-electron chi connectivity index (χ2n) is 7.92. The third kappa shape index (κ3) is 3.31. The molecule has 24 heavy (non-hydrogen) atoms. The number of carbonyl (C=O) groups excluding carboxylic acids is 2. The number of amides is 2. The van der Waals surface area contributed by atoms with Crippen LogP contribution in [0.1, 0.15) is 44.9 Å². The molecule has 1 aliphatic carbocycles. The summed E-state index contributed by atoms with van der Waals surface area (Å²) >= 11 is 0. The number of rotatable bonds is 5. The molecule has 136 valence electrons. The van der Waals surface area contributed by atoms with Crippen molar-refractivity contribution in [2.45, 2.75) is 50.5 Å². The van der Waals surface area contributed by atoms with Crippen LogP contribution in [-0.4, -0.2) is 74.0 Å². The van der Waals surface area contributed by atoms with Crippen molar-refractivity contribution in [3.63, 3.8) is 0 Å². The number of hydrogen-bond acceptors (Lipinski definition) is 4. The zero-order valence-electron chi connectivity index (χ0n) is 15.2. The summed E-state index contributed by atoms with van der Waals surface area (Å²) in [5, 5.41) is 5.81. The smallest absolute Gasteiger partial charge is 0.235 e. The quantitative estimate of drug-likeness (QED) is 0.721. The van der Waals surface area contributed by atoms with E-state index in [9.17, 15) is 9.59 Å². The van der Waals surface area contributed by atoms with Gasteiger partial charge < -0.3 is 15.5 Å². The van der Waals surface area contributed by atoms with Gasteiger partial charge in [-0.3, -0.25) is 14.5 Å². The Labute approximate surface area is 145 Å². The van der Waals surface area contributed by atoms with Gasteiger partial charge in [-0.05, 0) is 71.8 Å². The molecule has 2 aliphatic heterocycles. The van der Waals surface area contributed by atoms with E-state index in [1.165, 1.54) is 19.3 Å². The van der Waals surface area contributed by atoms with Crippen LogP contribution in [0.4, 0.5) is 0 Å². The van der Waals surface area contributed by atoms with E-state index in [2.05, 4.69) is 27.5 Å². The lowest BCUT2D eigenvalue weighted by Gasteiger charge is -2.50. The maximum atomic E-state index is 12.7. The van der Waals surface area contributed by atoms with Gasteiger partial charge in [0, 0.05) is 19.1 Å². The fourth-order valence-electron chi connectivity index (χ4n) is 4.34. The predicted octanol–water partition coefficient (Wildman–Crippen LogP) is 0.579. The molecule has 2 saturated heterocycles. The highest BCUT2D eigenvalue weighted by molar-refractivity contribution is 6.07. The highest BCUT2D eigenvalue weighted by Crippen LogP contribution is 2.46. The summed E-state index contributed by atoms with van der Waals surface area (Å²) in [6.45, 7) is 5.11. The number of nitrogens with zero attached hydrogens (tertiary/aromatic N) is 2. The van der Waals surface area contributed by atoms with Gasteiger partial charge in [0.2, 0.25) is 11.8 Å². The number of piperidine rings is 2. The Morgan fingerprint density at radius 2 is 1.54 bits per heavy atom. The fourth-order valence-corrected chi connectivity index (χ4v) is 4.34. The Kier molecular flexibility index (Phi) is 5.16. The number of hydrogen-bond donors (Lipinski definition) is 2. The Balaban J connectivity index is 1.66. The molecule has 6 heteroatoms. The van der Waals surface area contributed by atoms with Crippen LogP contribution in [0.25, 0.3) is 0 Å². The lowest BCUT2D eigenvalue weighted by atomic mass is 9.83. The van der Waals surface area contributed by atoms with E-state index >= 15 is 0 Å². The molecule has 3 aliphatic rings. The van der Waals surface area contributed by atoms with Crippen molar-refractivity contribution >= 4 is 11.8 Å². The Bertz CT molecular complexity index is 475. The highest BCUT2D eigenvalue weighted by Gasteiger charge is 2.56. The lowest BCUT2D eigenvalue weighted by Crippen LogP contribution is -2.62. The molecule has 0 unspecified atom stereocenters. The molecule has 2 heterocycles. The minimum Gasteiger partial charge on any atom is -0.358 e. The van der Waals surface area contributed by atoms with Gasteiger partial charge in [0.25, 0.3) is 0 Å².